The number of nitrogens with zero attached hydrogens (tertiary/aromatic N) is 1. The highest BCUT2D eigenvalue weighted by Crippen LogP contribution is 2.17. The number of halogens is 1. The normalized spacial score (nSPS) is 13.5. The minimum Gasteiger partial charge on any atom is -0.492 e. The Morgan fingerprint density at radius 1 is 1.45 bits per heavy atom. The van der Waals surface area contributed by atoms with Gasteiger partial charge in [-0.2, -0.15) is 5.10 Å². The fraction of sp³-hybridized carbons (Fsp3) is 0.333. The van der Waals surface area contributed by atoms with Crippen LogP contribution in [-0.4, -0.2) is 35.8 Å². The number of aromatic amines is 1. The van der Waals surface area contributed by atoms with Crippen molar-refractivity contribution in [2.45, 2.75) is 13.0 Å². The van der Waals surface area contributed by atoms with Gasteiger partial charge in [-0.15, -0.1) is 0 Å². The van der Waals surface area contributed by atoms with E-state index in [-0.39, 0.29) is 5.91 Å². The van der Waals surface area contributed by atoms with Gasteiger partial charge in [0.05, 0.1) is 6.54 Å². The molecule has 0 bridgehead atoms. The molecule has 0 saturated heterocycles. The van der Waals surface area contributed by atoms with Gasteiger partial charge in [0.1, 0.15) is 12.4 Å². The third-order valence-corrected chi connectivity index (χ3v) is 3.71. The summed E-state index contributed by atoms with van der Waals surface area (Å²) < 4.78 is 5.53. The Morgan fingerprint density at radius 2 is 2.36 bits per heavy atom. The lowest BCUT2D eigenvalue weighted by Gasteiger charge is -2.13. The molecule has 0 fully saturated rings. The standard InChI is InChI=1S/C15H17ClN4O2/c16-10-2-1-3-11(8-10)22-7-6-18-15(21)14-12-9-17-5-4-13(12)19-20-14/h1-3,8,17H,4-7,9H2,(H,18,21)(H,19,20). The number of rotatable bonds is 5. The smallest absolute Gasteiger partial charge is 0.272 e. The summed E-state index contributed by atoms with van der Waals surface area (Å²) in [5, 5.41) is 13.7. The van der Waals surface area contributed by atoms with Crippen LogP contribution in [-0.2, 0) is 13.0 Å². The molecule has 1 aromatic heterocycles. The van der Waals surface area contributed by atoms with Crippen molar-refractivity contribution in [3.05, 3.63) is 46.2 Å². The van der Waals surface area contributed by atoms with Crippen LogP contribution in [0, 0.1) is 0 Å². The first kappa shape index (κ1) is 14.9. The highest BCUT2D eigenvalue weighted by molar-refractivity contribution is 6.30. The van der Waals surface area contributed by atoms with Crippen LogP contribution in [0.4, 0.5) is 0 Å². The fourth-order valence-corrected chi connectivity index (χ4v) is 2.57. The summed E-state index contributed by atoms with van der Waals surface area (Å²) >= 11 is 5.88. The van der Waals surface area contributed by atoms with Gasteiger partial charge in [-0.05, 0) is 18.2 Å². The molecular formula is C15H17ClN4O2. The summed E-state index contributed by atoms with van der Waals surface area (Å²) in [4.78, 5) is 12.1. The zero-order valence-corrected chi connectivity index (χ0v) is 12.7. The monoisotopic (exact) mass is 320 g/mol. The molecule has 7 heteroatoms. The van der Waals surface area contributed by atoms with Crippen LogP contribution >= 0.6 is 11.6 Å². The Kier molecular flexibility index (Phi) is 4.60. The van der Waals surface area contributed by atoms with E-state index < -0.39 is 0 Å². The number of carbonyl (C=O) groups is 1. The quantitative estimate of drug-likeness (QED) is 0.730. The largest absolute Gasteiger partial charge is 0.492 e. The molecule has 2 heterocycles. The van der Waals surface area contributed by atoms with Crippen molar-refractivity contribution < 1.29 is 9.53 Å². The lowest BCUT2D eigenvalue weighted by molar-refractivity contribution is 0.0941. The highest BCUT2D eigenvalue weighted by Gasteiger charge is 2.21. The minimum atomic E-state index is -0.184. The number of carbonyl (C=O) groups excluding carboxylic acids is 1. The fourth-order valence-electron chi connectivity index (χ4n) is 2.39. The SMILES string of the molecule is O=C(NCCOc1cccc(Cl)c1)c1n[nH]c2c1CNCC2. The van der Waals surface area contributed by atoms with Crippen LogP contribution in [0.3, 0.4) is 0 Å². The Morgan fingerprint density at radius 3 is 3.23 bits per heavy atom. The van der Waals surface area contributed by atoms with Crippen LogP contribution in [0.1, 0.15) is 21.7 Å². The lowest BCUT2D eigenvalue weighted by Crippen LogP contribution is -2.31. The average molecular weight is 321 g/mol. The van der Waals surface area contributed by atoms with Gasteiger partial charge in [0.15, 0.2) is 5.69 Å². The second-order valence-electron chi connectivity index (χ2n) is 5.02. The van der Waals surface area contributed by atoms with Gasteiger partial charge in [0, 0.05) is 35.8 Å². The van der Waals surface area contributed by atoms with Gasteiger partial charge >= 0.3 is 0 Å². The minimum absolute atomic E-state index is 0.184. The van der Waals surface area contributed by atoms with Crippen molar-refractivity contribution in [2.75, 3.05) is 19.7 Å². The lowest BCUT2D eigenvalue weighted by atomic mass is 10.1. The van der Waals surface area contributed by atoms with Gasteiger partial charge < -0.3 is 15.4 Å². The number of amides is 1. The summed E-state index contributed by atoms with van der Waals surface area (Å²) in [6.07, 6.45) is 0.869. The molecule has 0 aliphatic carbocycles. The number of benzene rings is 1. The van der Waals surface area contributed by atoms with Crippen molar-refractivity contribution in [3.63, 3.8) is 0 Å². The number of hydrogen-bond donors (Lipinski definition) is 3. The van der Waals surface area contributed by atoms with E-state index in [1.807, 2.05) is 12.1 Å². The number of fused-ring (bicyclic) bond motifs is 1. The number of aromatic nitrogens is 2. The molecule has 0 unspecified atom stereocenters. The molecule has 0 radical (unpaired) electrons. The first-order valence-electron chi connectivity index (χ1n) is 7.17. The van der Waals surface area contributed by atoms with Crippen molar-refractivity contribution in [1.29, 1.82) is 0 Å². The first-order chi connectivity index (χ1) is 10.7. The maximum absolute atomic E-state index is 12.1. The summed E-state index contributed by atoms with van der Waals surface area (Å²) in [7, 11) is 0. The Bertz CT molecular complexity index is 671. The molecule has 2 aromatic rings. The molecule has 3 rings (SSSR count). The van der Waals surface area contributed by atoms with Crippen LogP contribution in [0.25, 0.3) is 0 Å². The van der Waals surface area contributed by atoms with E-state index >= 15 is 0 Å². The van der Waals surface area contributed by atoms with Gasteiger partial charge in [0.2, 0.25) is 0 Å². The van der Waals surface area contributed by atoms with Gasteiger partial charge in [-0.25, -0.2) is 0 Å². The van der Waals surface area contributed by atoms with E-state index in [9.17, 15) is 4.79 Å². The van der Waals surface area contributed by atoms with Crippen LogP contribution in [0.2, 0.25) is 5.02 Å². The number of H-pyrrole nitrogens is 1. The van der Waals surface area contributed by atoms with E-state index in [1.54, 1.807) is 12.1 Å². The van der Waals surface area contributed by atoms with E-state index in [2.05, 4.69) is 20.8 Å². The molecule has 1 aliphatic heterocycles. The van der Waals surface area contributed by atoms with Gasteiger partial charge in [0.25, 0.3) is 5.91 Å². The molecule has 1 aliphatic rings. The molecule has 0 spiro atoms. The van der Waals surface area contributed by atoms with Crippen molar-refractivity contribution >= 4 is 17.5 Å². The third kappa shape index (κ3) is 3.40. The number of ether oxygens (including phenoxy) is 1. The Labute approximate surface area is 133 Å². The van der Waals surface area contributed by atoms with Crippen LogP contribution in [0.5, 0.6) is 5.75 Å². The highest BCUT2D eigenvalue weighted by atomic mass is 35.5. The maximum Gasteiger partial charge on any atom is 0.272 e. The molecule has 1 aromatic carbocycles. The molecule has 0 saturated carbocycles. The molecular weight excluding hydrogens is 304 g/mol. The Balaban J connectivity index is 1.49. The summed E-state index contributed by atoms with van der Waals surface area (Å²) in [6.45, 7) is 2.36. The molecule has 22 heavy (non-hydrogen) atoms. The Hall–Kier alpha value is -2.05. The molecule has 1 amide bonds. The van der Waals surface area contributed by atoms with Crippen molar-refractivity contribution in [3.8, 4) is 5.75 Å². The zero-order chi connectivity index (χ0) is 15.4. The van der Waals surface area contributed by atoms with Crippen molar-refractivity contribution in [2.24, 2.45) is 0 Å². The summed E-state index contributed by atoms with van der Waals surface area (Å²) in [5.74, 6) is 0.499. The molecule has 116 valence electrons. The maximum atomic E-state index is 12.1. The second-order valence-corrected chi connectivity index (χ2v) is 5.45. The van der Waals surface area contributed by atoms with Gasteiger partial charge in [-0.3, -0.25) is 9.89 Å². The van der Waals surface area contributed by atoms with E-state index in [0.717, 1.165) is 24.2 Å². The van der Waals surface area contributed by atoms with Crippen LogP contribution in [0.15, 0.2) is 24.3 Å². The summed E-state index contributed by atoms with van der Waals surface area (Å²) in [6, 6.07) is 7.16. The third-order valence-electron chi connectivity index (χ3n) is 3.47. The average Bonchev–Trinajstić information content (AvgIpc) is 2.95. The van der Waals surface area contributed by atoms with Crippen LogP contribution < -0.4 is 15.4 Å². The molecule has 0 atom stereocenters. The molecule has 6 nitrogen and oxygen atoms in total. The predicted molar refractivity (Wildman–Crippen MR) is 83.3 cm³/mol. The zero-order valence-electron chi connectivity index (χ0n) is 12.0. The number of hydrogen-bond acceptors (Lipinski definition) is 4. The second kappa shape index (κ2) is 6.81. The summed E-state index contributed by atoms with van der Waals surface area (Å²) in [5.41, 5.74) is 2.46. The number of nitrogens with one attached hydrogen (secondary N) is 3. The van der Waals surface area contributed by atoms with E-state index in [1.165, 1.54) is 0 Å². The predicted octanol–water partition coefficient (Wildman–Crippen LogP) is 1.52. The molecule has 3 N–H and O–H groups in total. The van der Waals surface area contributed by atoms with Gasteiger partial charge in [-0.1, -0.05) is 17.7 Å². The van der Waals surface area contributed by atoms with Crippen molar-refractivity contribution in [1.82, 2.24) is 20.8 Å². The topological polar surface area (TPSA) is 79.0 Å². The van der Waals surface area contributed by atoms with E-state index in [0.29, 0.717) is 36.2 Å². The first-order valence-corrected chi connectivity index (χ1v) is 7.55. The van der Waals surface area contributed by atoms with E-state index in [4.69, 9.17) is 16.3 Å².